The first kappa shape index (κ1) is 7.47. The van der Waals surface area contributed by atoms with Gasteiger partial charge in [-0.3, -0.25) is 5.01 Å². The van der Waals surface area contributed by atoms with E-state index in [1.54, 1.807) is 5.01 Å². The Bertz CT molecular complexity index is 126. The minimum Gasteiger partial charge on any atom is -0.305 e. The van der Waals surface area contributed by atoms with Gasteiger partial charge in [0.2, 0.25) is 0 Å². The van der Waals surface area contributed by atoms with Crippen LogP contribution < -0.4 is 0 Å². The molecule has 0 aromatic heterocycles. The molecule has 0 aliphatic carbocycles. The lowest BCUT2D eigenvalue weighted by atomic mass is 10.2. The zero-order valence-electron chi connectivity index (χ0n) is 6.45. The Morgan fingerprint density at radius 2 is 2.30 bits per heavy atom. The van der Waals surface area contributed by atoms with Gasteiger partial charge in [0.05, 0.1) is 11.8 Å². The summed E-state index contributed by atoms with van der Waals surface area (Å²) in [7, 11) is 4.05. The molecule has 10 heavy (non-hydrogen) atoms. The van der Waals surface area contributed by atoms with E-state index in [0.29, 0.717) is 6.04 Å². The minimum absolute atomic E-state index is 0.512. The van der Waals surface area contributed by atoms with E-state index in [0.717, 1.165) is 19.5 Å². The maximum atomic E-state index is 10.0. The molecule has 1 rings (SSSR count). The molecule has 1 heterocycles. The summed E-state index contributed by atoms with van der Waals surface area (Å²) in [5, 5.41) is 4.45. The average Bonchev–Trinajstić information content (AvgIpc) is 2.34. The second-order valence-electron chi connectivity index (χ2n) is 2.90. The molecule has 0 saturated carbocycles. The second kappa shape index (κ2) is 2.96. The van der Waals surface area contributed by atoms with Crippen molar-refractivity contribution in [2.45, 2.75) is 12.5 Å². The third kappa shape index (κ3) is 1.44. The zero-order valence-corrected chi connectivity index (χ0v) is 6.45. The smallest absolute Gasteiger partial charge is 0.0548 e. The molecule has 0 aromatic rings. The van der Waals surface area contributed by atoms with Crippen molar-refractivity contribution in [3.05, 3.63) is 4.91 Å². The molecule has 1 fully saturated rings. The highest BCUT2D eigenvalue weighted by Crippen LogP contribution is 2.12. The third-order valence-corrected chi connectivity index (χ3v) is 1.99. The van der Waals surface area contributed by atoms with Crippen LogP contribution >= 0.6 is 0 Å². The standard InChI is InChI=1S/C6H13N3O/c1-8(2)6-3-4-9(5-6)7-10/h6H,3-5H2,1-2H3/t6-/m1/s1. The van der Waals surface area contributed by atoms with Crippen LogP contribution in [0.1, 0.15) is 6.42 Å². The molecular formula is C6H13N3O. The predicted molar refractivity (Wildman–Crippen MR) is 39.5 cm³/mol. The Balaban J connectivity index is 2.35. The van der Waals surface area contributed by atoms with Gasteiger partial charge in [-0.05, 0) is 20.5 Å². The summed E-state index contributed by atoms with van der Waals surface area (Å²) in [5.74, 6) is 0. The summed E-state index contributed by atoms with van der Waals surface area (Å²) in [6.07, 6.45) is 1.05. The van der Waals surface area contributed by atoms with Crippen molar-refractivity contribution in [1.29, 1.82) is 0 Å². The van der Waals surface area contributed by atoms with Gasteiger partial charge in [-0.25, -0.2) is 0 Å². The molecule has 58 valence electrons. The van der Waals surface area contributed by atoms with E-state index < -0.39 is 0 Å². The molecule has 0 radical (unpaired) electrons. The lowest BCUT2D eigenvalue weighted by molar-refractivity contribution is 0.273. The zero-order chi connectivity index (χ0) is 7.56. The second-order valence-corrected chi connectivity index (χ2v) is 2.90. The van der Waals surface area contributed by atoms with Crippen molar-refractivity contribution in [3.63, 3.8) is 0 Å². The fraction of sp³-hybridized carbons (Fsp3) is 1.00. The van der Waals surface area contributed by atoms with E-state index in [2.05, 4.69) is 10.2 Å². The molecule has 0 unspecified atom stereocenters. The summed E-state index contributed by atoms with van der Waals surface area (Å²) in [6.45, 7) is 1.60. The molecule has 0 amide bonds. The normalized spacial score (nSPS) is 25.9. The summed E-state index contributed by atoms with van der Waals surface area (Å²) < 4.78 is 0. The first-order valence-electron chi connectivity index (χ1n) is 3.48. The van der Waals surface area contributed by atoms with Crippen molar-refractivity contribution >= 4 is 0 Å². The molecule has 0 aromatic carbocycles. The van der Waals surface area contributed by atoms with Crippen molar-refractivity contribution in [1.82, 2.24) is 9.91 Å². The Kier molecular flexibility index (Phi) is 2.21. The summed E-state index contributed by atoms with van der Waals surface area (Å²) in [5.41, 5.74) is 0. The van der Waals surface area contributed by atoms with Crippen molar-refractivity contribution < 1.29 is 0 Å². The van der Waals surface area contributed by atoms with Crippen LogP contribution in [0.5, 0.6) is 0 Å². The molecule has 1 atom stereocenters. The monoisotopic (exact) mass is 143 g/mol. The van der Waals surface area contributed by atoms with E-state index >= 15 is 0 Å². The first-order chi connectivity index (χ1) is 4.74. The van der Waals surface area contributed by atoms with Gasteiger partial charge in [0, 0.05) is 12.6 Å². The lowest BCUT2D eigenvalue weighted by Gasteiger charge is -2.17. The number of nitrogens with zero attached hydrogens (tertiary/aromatic N) is 3. The largest absolute Gasteiger partial charge is 0.305 e. The predicted octanol–water partition coefficient (Wildman–Crippen LogP) is 0.304. The van der Waals surface area contributed by atoms with Crippen LogP contribution in [0, 0.1) is 4.91 Å². The van der Waals surface area contributed by atoms with E-state index in [4.69, 9.17) is 0 Å². The van der Waals surface area contributed by atoms with Crippen LogP contribution in [0.3, 0.4) is 0 Å². The summed E-state index contributed by atoms with van der Waals surface area (Å²) in [6, 6.07) is 0.512. The summed E-state index contributed by atoms with van der Waals surface area (Å²) >= 11 is 0. The highest BCUT2D eigenvalue weighted by atomic mass is 16.3. The number of rotatable bonds is 2. The number of nitroso groups, excluding NO2 is 1. The maximum Gasteiger partial charge on any atom is 0.0548 e. The topological polar surface area (TPSA) is 35.9 Å². The molecule has 1 aliphatic rings. The van der Waals surface area contributed by atoms with Crippen LogP contribution in [0.25, 0.3) is 0 Å². The average molecular weight is 143 g/mol. The fourth-order valence-electron chi connectivity index (χ4n) is 1.22. The van der Waals surface area contributed by atoms with Crippen LogP contribution in [0.15, 0.2) is 5.29 Å². The minimum atomic E-state index is 0.512. The quantitative estimate of drug-likeness (QED) is 0.522. The number of hydrogen-bond acceptors (Lipinski definition) is 3. The van der Waals surface area contributed by atoms with Gasteiger partial charge in [0.1, 0.15) is 0 Å². The number of hydrogen-bond donors (Lipinski definition) is 0. The Morgan fingerprint density at radius 1 is 1.60 bits per heavy atom. The van der Waals surface area contributed by atoms with Crippen molar-refractivity contribution in [2.24, 2.45) is 5.29 Å². The van der Waals surface area contributed by atoms with Gasteiger partial charge < -0.3 is 4.90 Å². The Hall–Kier alpha value is -0.640. The van der Waals surface area contributed by atoms with E-state index in [-0.39, 0.29) is 0 Å². The van der Waals surface area contributed by atoms with Gasteiger partial charge in [-0.1, -0.05) is 0 Å². The molecule has 1 aliphatic heterocycles. The molecule has 4 nitrogen and oxygen atoms in total. The molecule has 0 bridgehead atoms. The molecule has 4 heteroatoms. The Morgan fingerprint density at radius 3 is 2.60 bits per heavy atom. The van der Waals surface area contributed by atoms with E-state index in [1.807, 2.05) is 14.1 Å². The van der Waals surface area contributed by atoms with Crippen LogP contribution in [0.2, 0.25) is 0 Å². The lowest BCUT2D eigenvalue weighted by Crippen LogP contribution is -2.29. The van der Waals surface area contributed by atoms with Gasteiger partial charge in [-0.2, -0.15) is 0 Å². The molecular weight excluding hydrogens is 130 g/mol. The maximum absolute atomic E-state index is 10.0. The summed E-state index contributed by atoms with van der Waals surface area (Å²) in [4.78, 5) is 12.2. The molecule has 0 N–H and O–H groups in total. The molecule has 0 spiro atoms. The van der Waals surface area contributed by atoms with Crippen LogP contribution in [-0.4, -0.2) is 43.1 Å². The van der Waals surface area contributed by atoms with E-state index in [1.165, 1.54) is 0 Å². The molecule has 1 saturated heterocycles. The van der Waals surface area contributed by atoms with E-state index in [9.17, 15) is 4.91 Å². The fourth-order valence-corrected chi connectivity index (χ4v) is 1.22. The highest BCUT2D eigenvalue weighted by Gasteiger charge is 2.23. The van der Waals surface area contributed by atoms with Gasteiger partial charge in [0.15, 0.2) is 0 Å². The first-order valence-corrected chi connectivity index (χ1v) is 3.48. The Labute approximate surface area is 60.7 Å². The number of likely N-dealkylation sites (N-methyl/N-ethyl adjacent to an activating group) is 1. The van der Waals surface area contributed by atoms with Gasteiger partial charge in [-0.15, -0.1) is 4.91 Å². The van der Waals surface area contributed by atoms with Gasteiger partial charge >= 0.3 is 0 Å². The van der Waals surface area contributed by atoms with Crippen molar-refractivity contribution in [3.8, 4) is 0 Å². The van der Waals surface area contributed by atoms with Gasteiger partial charge in [0.25, 0.3) is 0 Å². The van der Waals surface area contributed by atoms with Crippen LogP contribution in [0.4, 0.5) is 0 Å². The SMILES string of the molecule is CN(C)[C@@H]1CCN(N=O)C1. The van der Waals surface area contributed by atoms with Crippen molar-refractivity contribution in [2.75, 3.05) is 27.2 Å². The van der Waals surface area contributed by atoms with Crippen LogP contribution in [-0.2, 0) is 0 Å². The third-order valence-electron chi connectivity index (χ3n) is 1.99. The highest BCUT2D eigenvalue weighted by molar-refractivity contribution is 4.78.